The molecule has 1 aliphatic carbocycles. The van der Waals surface area contributed by atoms with Crippen LogP contribution in [0.5, 0.6) is 0 Å². The van der Waals surface area contributed by atoms with Crippen molar-refractivity contribution < 1.29 is 0 Å². The number of hydrogen-bond acceptors (Lipinski definition) is 2. The van der Waals surface area contributed by atoms with Crippen molar-refractivity contribution >= 4 is 0 Å². The van der Waals surface area contributed by atoms with Gasteiger partial charge in [0.25, 0.3) is 0 Å². The molecule has 2 N–H and O–H groups in total. The SMILES string of the molecule is C1CCCC(NCC2CCNC2)CC1. The second-order valence-electron chi connectivity index (χ2n) is 4.96. The van der Waals surface area contributed by atoms with Crippen molar-refractivity contribution in [2.45, 2.75) is 51.0 Å². The molecule has 14 heavy (non-hydrogen) atoms. The molecule has 1 atom stereocenters. The predicted octanol–water partition coefficient (Wildman–Crippen LogP) is 1.91. The van der Waals surface area contributed by atoms with Gasteiger partial charge in [-0.15, -0.1) is 0 Å². The van der Waals surface area contributed by atoms with Gasteiger partial charge in [-0.1, -0.05) is 25.7 Å². The van der Waals surface area contributed by atoms with E-state index in [9.17, 15) is 0 Å². The number of nitrogens with one attached hydrogen (secondary N) is 2. The van der Waals surface area contributed by atoms with E-state index >= 15 is 0 Å². The van der Waals surface area contributed by atoms with Crippen LogP contribution in [0, 0.1) is 5.92 Å². The highest BCUT2D eigenvalue weighted by Crippen LogP contribution is 2.17. The van der Waals surface area contributed by atoms with Crippen LogP contribution in [0.15, 0.2) is 0 Å². The van der Waals surface area contributed by atoms with E-state index in [1.165, 1.54) is 64.6 Å². The molecular formula is C12H24N2. The average molecular weight is 196 g/mol. The van der Waals surface area contributed by atoms with E-state index in [1.54, 1.807) is 0 Å². The van der Waals surface area contributed by atoms with Crippen LogP contribution >= 0.6 is 0 Å². The number of hydrogen-bond donors (Lipinski definition) is 2. The molecule has 2 rings (SSSR count). The van der Waals surface area contributed by atoms with E-state index in [0.717, 1.165) is 12.0 Å². The third-order valence-corrected chi connectivity index (χ3v) is 3.71. The Bertz CT molecular complexity index is 144. The summed E-state index contributed by atoms with van der Waals surface area (Å²) in [7, 11) is 0. The van der Waals surface area contributed by atoms with E-state index in [0.29, 0.717) is 0 Å². The first kappa shape index (κ1) is 10.4. The highest BCUT2D eigenvalue weighted by molar-refractivity contribution is 4.77. The van der Waals surface area contributed by atoms with Gasteiger partial charge in [-0.3, -0.25) is 0 Å². The van der Waals surface area contributed by atoms with Gasteiger partial charge in [-0.25, -0.2) is 0 Å². The molecule has 0 amide bonds. The fraction of sp³-hybridized carbons (Fsp3) is 1.00. The zero-order valence-electron chi connectivity index (χ0n) is 9.23. The van der Waals surface area contributed by atoms with Crippen molar-refractivity contribution in [3.05, 3.63) is 0 Å². The Labute approximate surface area is 87.8 Å². The van der Waals surface area contributed by atoms with Crippen molar-refractivity contribution in [3.8, 4) is 0 Å². The zero-order chi connectivity index (χ0) is 9.64. The maximum absolute atomic E-state index is 3.76. The second kappa shape index (κ2) is 5.72. The van der Waals surface area contributed by atoms with Gasteiger partial charge >= 0.3 is 0 Å². The molecule has 0 spiro atoms. The molecule has 0 radical (unpaired) electrons. The maximum Gasteiger partial charge on any atom is 0.00671 e. The summed E-state index contributed by atoms with van der Waals surface area (Å²) in [6.45, 7) is 3.72. The normalized spacial score (nSPS) is 30.4. The molecule has 0 aromatic carbocycles. The van der Waals surface area contributed by atoms with Crippen LogP contribution in [0.4, 0.5) is 0 Å². The molecule has 2 heteroatoms. The molecule has 0 aromatic rings. The summed E-state index contributed by atoms with van der Waals surface area (Å²) in [5.41, 5.74) is 0. The van der Waals surface area contributed by atoms with Gasteiger partial charge in [-0.2, -0.15) is 0 Å². The summed E-state index contributed by atoms with van der Waals surface area (Å²) in [6.07, 6.45) is 10.0. The number of rotatable bonds is 3. The Kier molecular flexibility index (Phi) is 4.26. The molecule has 1 saturated carbocycles. The summed E-state index contributed by atoms with van der Waals surface area (Å²) in [5, 5.41) is 7.20. The van der Waals surface area contributed by atoms with E-state index in [4.69, 9.17) is 0 Å². The Morgan fingerprint density at radius 2 is 1.79 bits per heavy atom. The van der Waals surface area contributed by atoms with Crippen molar-refractivity contribution in [3.63, 3.8) is 0 Å². The van der Waals surface area contributed by atoms with Crippen molar-refractivity contribution in [1.82, 2.24) is 10.6 Å². The topological polar surface area (TPSA) is 24.1 Å². The lowest BCUT2D eigenvalue weighted by atomic mass is 10.1. The average Bonchev–Trinajstić information content (AvgIpc) is 2.58. The molecule has 1 aliphatic heterocycles. The van der Waals surface area contributed by atoms with Crippen LogP contribution in [0.3, 0.4) is 0 Å². The van der Waals surface area contributed by atoms with E-state index < -0.39 is 0 Å². The van der Waals surface area contributed by atoms with Gasteiger partial charge in [0.1, 0.15) is 0 Å². The minimum absolute atomic E-state index is 0.832. The lowest BCUT2D eigenvalue weighted by Crippen LogP contribution is -2.33. The van der Waals surface area contributed by atoms with Crippen molar-refractivity contribution in [1.29, 1.82) is 0 Å². The smallest absolute Gasteiger partial charge is 0.00671 e. The summed E-state index contributed by atoms with van der Waals surface area (Å²) in [5.74, 6) is 0.901. The first-order chi connectivity index (χ1) is 6.95. The van der Waals surface area contributed by atoms with Gasteiger partial charge in [-0.05, 0) is 44.8 Å². The Morgan fingerprint density at radius 3 is 2.43 bits per heavy atom. The molecule has 1 heterocycles. The van der Waals surface area contributed by atoms with Crippen molar-refractivity contribution in [2.75, 3.05) is 19.6 Å². The van der Waals surface area contributed by atoms with Crippen LogP contribution in [-0.2, 0) is 0 Å². The van der Waals surface area contributed by atoms with Crippen LogP contribution in [0.2, 0.25) is 0 Å². The third-order valence-electron chi connectivity index (χ3n) is 3.71. The molecule has 1 saturated heterocycles. The van der Waals surface area contributed by atoms with Crippen LogP contribution < -0.4 is 10.6 Å². The van der Waals surface area contributed by atoms with Gasteiger partial charge in [0.2, 0.25) is 0 Å². The van der Waals surface area contributed by atoms with E-state index in [-0.39, 0.29) is 0 Å². The second-order valence-corrected chi connectivity index (χ2v) is 4.96. The predicted molar refractivity (Wildman–Crippen MR) is 60.5 cm³/mol. The van der Waals surface area contributed by atoms with Crippen molar-refractivity contribution in [2.24, 2.45) is 5.92 Å². The lowest BCUT2D eigenvalue weighted by molar-refractivity contribution is 0.412. The standard InChI is InChI=1S/C12H24N2/c1-2-4-6-12(5-3-1)14-10-11-7-8-13-9-11/h11-14H,1-10H2. The van der Waals surface area contributed by atoms with E-state index in [1.807, 2.05) is 0 Å². The van der Waals surface area contributed by atoms with E-state index in [2.05, 4.69) is 10.6 Å². The fourth-order valence-electron chi connectivity index (χ4n) is 2.71. The molecule has 0 bridgehead atoms. The third kappa shape index (κ3) is 3.25. The monoisotopic (exact) mass is 196 g/mol. The largest absolute Gasteiger partial charge is 0.316 e. The van der Waals surface area contributed by atoms with Gasteiger partial charge in [0.05, 0.1) is 0 Å². The summed E-state index contributed by atoms with van der Waals surface area (Å²) >= 11 is 0. The maximum atomic E-state index is 3.76. The Balaban J connectivity index is 1.62. The zero-order valence-corrected chi connectivity index (χ0v) is 9.23. The highest BCUT2D eigenvalue weighted by Gasteiger charge is 2.17. The Hall–Kier alpha value is -0.0800. The van der Waals surface area contributed by atoms with Crippen LogP contribution in [0.25, 0.3) is 0 Å². The first-order valence-electron chi connectivity index (χ1n) is 6.39. The summed E-state index contributed by atoms with van der Waals surface area (Å²) in [6, 6.07) is 0.832. The quantitative estimate of drug-likeness (QED) is 0.674. The van der Waals surface area contributed by atoms with Crippen LogP contribution in [0.1, 0.15) is 44.9 Å². The molecule has 2 nitrogen and oxygen atoms in total. The molecule has 1 unspecified atom stereocenters. The summed E-state index contributed by atoms with van der Waals surface area (Å²) < 4.78 is 0. The summed E-state index contributed by atoms with van der Waals surface area (Å²) in [4.78, 5) is 0. The van der Waals surface area contributed by atoms with Crippen LogP contribution in [-0.4, -0.2) is 25.7 Å². The van der Waals surface area contributed by atoms with Gasteiger partial charge in [0, 0.05) is 6.04 Å². The molecule has 82 valence electrons. The molecule has 2 fully saturated rings. The lowest BCUT2D eigenvalue weighted by Gasteiger charge is -2.18. The minimum Gasteiger partial charge on any atom is -0.316 e. The molecule has 2 aliphatic rings. The Morgan fingerprint density at radius 1 is 1.00 bits per heavy atom. The molecule has 0 aromatic heterocycles. The molecular weight excluding hydrogens is 172 g/mol. The van der Waals surface area contributed by atoms with Gasteiger partial charge in [0.15, 0.2) is 0 Å². The fourth-order valence-corrected chi connectivity index (χ4v) is 2.71. The minimum atomic E-state index is 0.832. The van der Waals surface area contributed by atoms with Gasteiger partial charge < -0.3 is 10.6 Å². The first-order valence-corrected chi connectivity index (χ1v) is 6.39. The highest BCUT2D eigenvalue weighted by atomic mass is 15.0.